The molecule has 0 spiro atoms. The third-order valence-electron chi connectivity index (χ3n) is 5.18. The molecule has 1 saturated heterocycles. The molecule has 7 heteroatoms. The number of carbonyl (C=O) groups excluding carboxylic acids is 1. The van der Waals surface area contributed by atoms with Gasteiger partial charge in [0, 0.05) is 38.3 Å². The number of aromatic nitrogens is 2. The van der Waals surface area contributed by atoms with Gasteiger partial charge in [-0.2, -0.15) is 9.78 Å². The van der Waals surface area contributed by atoms with Crippen LogP contribution in [-0.2, 0) is 6.54 Å². The van der Waals surface area contributed by atoms with Crippen LogP contribution >= 0.6 is 11.6 Å². The minimum absolute atomic E-state index is 0.138. The second kappa shape index (κ2) is 8.68. The molecule has 4 rings (SSSR count). The minimum Gasteiger partial charge on any atom is -0.496 e. The predicted octanol–water partition coefficient (Wildman–Crippen LogP) is 4.00. The molecule has 3 aromatic rings. The van der Waals surface area contributed by atoms with Crippen LogP contribution in [0.25, 0.3) is 11.1 Å². The van der Waals surface area contributed by atoms with Crippen LogP contribution in [0.3, 0.4) is 0 Å². The summed E-state index contributed by atoms with van der Waals surface area (Å²) in [6.45, 7) is 3.68. The Morgan fingerprint density at radius 1 is 1.07 bits per heavy atom. The number of amides is 1. The summed E-state index contributed by atoms with van der Waals surface area (Å²) in [5.41, 5.74) is 3.45. The summed E-state index contributed by atoms with van der Waals surface area (Å²) >= 11 is 5.86. The zero-order valence-electron chi connectivity index (χ0n) is 16.3. The summed E-state index contributed by atoms with van der Waals surface area (Å²) in [7, 11) is 1.71. The van der Waals surface area contributed by atoms with Gasteiger partial charge in [0.05, 0.1) is 24.5 Å². The van der Waals surface area contributed by atoms with Crippen molar-refractivity contribution in [2.75, 3.05) is 33.3 Å². The first-order valence-corrected chi connectivity index (χ1v) is 9.96. The van der Waals surface area contributed by atoms with Crippen LogP contribution in [-0.4, -0.2) is 58.9 Å². The van der Waals surface area contributed by atoms with E-state index < -0.39 is 0 Å². The molecular weight excluding hydrogens is 388 g/mol. The Labute approximate surface area is 175 Å². The highest BCUT2D eigenvalue weighted by Crippen LogP contribution is 2.28. The molecule has 1 aromatic heterocycles. The molecule has 0 radical (unpaired) electrons. The van der Waals surface area contributed by atoms with Gasteiger partial charge in [-0.15, -0.1) is 0 Å². The smallest absolute Gasteiger partial charge is 0.344 e. The van der Waals surface area contributed by atoms with E-state index in [1.54, 1.807) is 12.0 Å². The SMILES string of the molecule is COc1cc(-c2ccccc2)ccc1CN1CCN(C(=O)n2cc(Cl)cn2)CC1. The number of carbonyl (C=O) groups is 1. The molecule has 6 nitrogen and oxygen atoms in total. The highest BCUT2D eigenvalue weighted by Gasteiger charge is 2.23. The van der Waals surface area contributed by atoms with Gasteiger partial charge >= 0.3 is 6.03 Å². The van der Waals surface area contributed by atoms with Gasteiger partial charge in [0.15, 0.2) is 0 Å². The maximum absolute atomic E-state index is 12.5. The Balaban J connectivity index is 1.39. The quantitative estimate of drug-likeness (QED) is 0.652. The number of piperazine rings is 1. The van der Waals surface area contributed by atoms with E-state index in [0.29, 0.717) is 18.1 Å². The van der Waals surface area contributed by atoms with E-state index in [0.717, 1.165) is 36.5 Å². The lowest BCUT2D eigenvalue weighted by Crippen LogP contribution is -2.49. The van der Waals surface area contributed by atoms with Crippen LogP contribution in [0.1, 0.15) is 5.56 Å². The van der Waals surface area contributed by atoms with Gasteiger partial charge in [-0.1, -0.05) is 54.1 Å². The molecule has 1 aliphatic heterocycles. The van der Waals surface area contributed by atoms with Crippen LogP contribution in [0.15, 0.2) is 60.9 Å². The third-order valence-corrected chi connectivity index (χ3v) is 5.37. The molecule has 1 fully saturated rings. The van der Waals surface area contributed by atoms with E-state index in [1.807, 2.05) is 18.2 Å². The van der Waals surface area contributed by atoms with E-state index in [-0.39, 0.29) is 6.03 Å². The maximum Gasteiger partial charge on any atom is 0.344 e. The molecule has 0 atom stereocenters. The van der Waals surface area contributed by atoms with Gasteiger partial charge in [0.1, 0.15) is 5.75 Å². The summed E-state index contributed by atoms with van der Waals surface area (Å²) in [5, 5.41) is 4.46. The molecule has 0 unspecified atom stereocenters. The van der Waals surface area contributed by atoms with Crippen LogP contribution in [0.2, 0.25) is 5.02 Å². The topological polar surface area (TPSA) is 50.6 Å². The molecule has 0 saturated carbocycles. The first kappa shape index (κ1) is 19.5. The lowest BCUT2D eigenvalue weighted by Gasteiger charge is -2.34. The van der Waals surface area contributed by atoms with E-state index >= 15 is 0 Å². The van der Waals surface area contributed by atoms with Crippen molar-refractivity contribution in [3.8, 4) is 16.9 Å². The normalized spacial score (nSPS) is 14.8. The number of ether oxygens (including phenoxy) is 1. The number of benzene rings is 2. The standard InChI is InChI=1S/C22H23ClN4O2/c1-29-21-13-18(17-5-3-2-4-6-17)7-8-19(21)15-25-9-11-26(12-10-25)22(28)27-16-20(23)14-24-27/h2-8,13-14,16H,9-12,15H2,1H3. The van der Waals surface area contributed by atoms with Crippen molar-refractivity contribution in [2.45, 2.75) is 6.54 Å². The largest absolute Gasteiger partial charge is 0.496 e. The van der Waals surface area contributed by atoms with Gasteiger partial charge in [0.25, 0.3) is 0 Å². The van der Waals surface area contributed by atoms with Crippen molar-refractivity contribution >= 4 is 17.6 Å². The van der Waals surface area contributed by atoms with E-state index in [2.05, 4.69) is 40.3 Å². The highest BCUT2D eigenvalue weighted by atomic mass is 35.5. The van der Waals surface area contributed by atoms with E-state index in [9.17, 15) is 4.79 Å². The first-order chi connectivity index (χ1) is 14.1. The molecule has 29 heavy (non-hydrogen) atoms. The minimum atomic E-state index is -0.138. The molecule has 1 amide bonds. The number of halogens is 1. The lowest BCUT2D eigenvalue weighted by atomic mass is 10.0. The second-order valence-corrected chi connectivity index (χ2v) is 7.48. The zero-order valence-corrected chi connectivity index (χ0v) is 17.0. The summed E-state index contributed by atoms with van der Waals surface area (Å²) < 4.78 is 6.95. The summed E-state index contributed by atoms with van der Waals surface area (Å²) in [4.78, 5) is 16.6. The molecule has 150 valence electrons. The molecule has 1 aliphatic rings. The zero-order chi connectivity index (χ0) is 20.2. The van der Waals surface area contributed by atoms with Gasteiger partial charge in [-0.05, 0) is 17.2 Å². The van der Waals surface area contributed by atoms with Crippen molar-refractivity contribution in [1.82, 2.24) is 19.6 Å². The number of hydrogen-bond acceptors (Lipinski definition) is 4. The van der Waals surface area contributed by atoms with Gasteiger partial charge < -0.3 is 9.64 Å². The van der Waals surface area contributed by atoms with Gasteiger partial charge in [-0.25, -0.2) is 4.79 Å². The lowest BCUT2D eigenvalue weighted by molar-refractivity contribution is 0.133. The third kappa shape index (κ3) is 4.44. The fourth-order valence-corrected chi connectivity index (χ4v) is 3.71. The van der Waals surface area contributed by atoms with Crippen molar-refractivity contribution in [3.63, 3.8) is 0 Å². The first-order valence-electron chi connectivity index (χ1n) is 9.58. The second-order valence-electron chi connectivity index (χ2n) is 7.04. The fourth-order valence-electron chi connectivity index (χ4n) is 3.57. The average Bonchev–Trinajstić information content (AvgIpc) is 3.21. The molecule has 0 aliphatic carbocycles. The van der Waals surface area contributed by atoms with Crippen molar-refractivity contribution in [2.24, 2.45) is 0 Å². The summed E-state index contributed by atoms with van der Waals surface area (Å²) in [5.74, 6) is 0.885. The summed E-state index contributed by atoms with van der Waals surface area (Å²) in [6.07, 6.45) is 3.01. The predicted molar refractivity (Wildman–Crippen MR) is 113 cm³/mol. The molecule has 0 bridgehead atoms. The Bertz CT molecular complexity index is 981. The number of hydrogen-bond donors (Lipinski definition) is 0. The van der Waals surface area contributed by atoms with E-state index in [4.69, 9.17) is 16.3 Å². The Hall–Kier alpha value is -2.83. The highest BCUT2D eigenvalue weighted by molar-refractivity contribution is 6.30. The number of methoxy groups -OCH3 is 1. The molecule has 0 N–H and O–H groups in total. The molecule has 2 aromatic carbocycles. The van der Waals surface area contributed by atoms with Gasteiger partial charge in [0.2, 0.25) is 0 Å². The Morgan fingerprint density at radius 3 is 2.48 bits per heavy atom. The monoisotopic (exact) mass is 410 g/mol. The summed E-state index contributed by atoms with van der Waals surface area (Å²) in [6, 6.07) is 16.5. The molecular formula is C22H23ClN4O2. The van der Waals surface area contributed by atoms with Crippen molar-refractivity contribution < 1.29 is 9.53 Å². The van der Waals surface area contributed by atoms with Crippen LogP contribution in [0.4, 0.5) is 4.79 Å². The number of nitrogens with zero attached hydrogens (tertiary/aromatic N) is 4. The number of rotatable bonds is 4. The Kier molecular flexibility index (Phi) is 5.83. The van der Waals surface area contributed by atoms with Crippen LogP contribution in [0.5, 0.6) is 5.75 Å². The average molecular weight is 411 g/mol. The van der Waals surface area contributed by atoms with Crippen LogP contribution < -0.4 is 4.74 Å². The Morgan fingerprint density at radius 2 is 1.83 bits per heavy atom. The van der Waals surface area contributed by atoms with Gasteiger partial charge in [-0.3, -0.25) is 4.90 Å². The fraction of sp³-hybridized carbons (Fsp3) is 0.273. The van der Waals surface area contributed by atoms with Crippen molar-refractivity contribution in [1.29, 1.82) is 0 Å². The van der Waals surface area contributed by atoms with Crippen LogP contribution in [0, 0.1) is 0 Å². The van der Waals surface area contributed by atoms with E-state index in [1.165, 1.54) is 22.6 Å². The maximum atomic E-state index is 12.5. The van der Waals surface area contributed by atoms with Crippen molar-refractivity contribution in [3.05, 3.63) is 71.5 Å². The molecule has 2 heterocycles.